The first kappa shape index (κ1) is 15.6. The Bertz CT molecular complexity index is 357. The maximum absolute atomic E-state index is 11.7. The number of rotatable bonds is 9. The van der Waals surface area contributed by atoms with Crippen LogP contribution in [0, 0.1) is 0 Å². The summed E-state index contributed by atoms with van der Waals surface area (Å²) in [6.45, 7) is 3.45. The molecule has 0 aliphatic heterocycles. The average Bonchev–Trinajstić information content (AvgIpc) is 2.44. The van der Waals surface area contributed by atoms with Gasteiger partial charge in [-0.05, 0) is 18.9 Å². The van der Waals surface area contributed by atoms with E-state index in [1.807, 2.05) is 30.3 Å². The molecule has 0 spiro atoms. The highest BCUT2D eigenvalue weighted by molar-refractivity contribution is 5.81. The lowest BCUT2D eigenvalue weighted by Crippen LogP contribution is -2.42. The van der Waals surface area contributed by atoms with Crippen molar-refractivity contribution in [3.05, 3.63) is 35.9 Å². The Hall–Kier alpha value is -1.43. The third-order valence-corrected chi connectivity index (χ3v) is 2.56. The zero-order valence-electron chi connectivity index (χ0n) is 11.5. The van der Waals surface area contributed by atoms with Crippen LogP contribution in [0.1, 0.15) is 18.9 Å². The van der Waals surface area contributed by atoms with Crippen molar-refractivity contribution in [2.24, 2.45) is 0 Å². The molecule has 1 atom stereocenters. The minimum atomic E-state index is -0.383. The highest BCUT2D eigenvalue weighted by atomic mass is 16.6. The minimum Gasteiger partial charge on any atom is -0.385 e. The largest absolute Gasteiger partial charge is 0.385 e. The molecule has 106 valence electrons. The van der Waals surface area contributed by atoms with Crippen molar-refractivity contribution in [2.75, 3.05) is 20.3 Å². The number of methoxy groups -OCH3 is 1. The number of hydroxylamine groups is 1. The van der Waals surface area contributed by atoms with Crippen LogP contribution in [0.3, 0.4) is 0 Å². The minimum absolute atomic E-state index is 0.0795. The molecule has 0 aliphatic rings. The Kier molecular flexibility index (Phi) is 7.81. The normalized spacial score (nSPS) is 12.1. The summed E-state index contributed by atoms with van der Waals surface area (Å²) in [6, 6.07) is 9.41. The smallest absolute Gasteiger partial charge is 0.239 e. The third-order valence-electron chi connectivity index (χ3n) is 2.56. The number of benzene rings is 1. The summed E-state index contributed by atoms with van der Waals surface area (Å²) >= 11 is 0. The Labute approximate surface area is 114 Å². The molecule has 0 bridgehead atoms. The van der Waals surface area contributed by atoms with Crippen molar-refractivity contribution >= 4 is 5.91 Å². The van der Waals surface area contributed by atoms with Crippen molar-refractivity contribution < 1.29 is 14.4 Å². The van der Waals surface area contributed by atoms with Gasteiger partial charge in [-0.3, -0.25) is 9.63 Å². The second-order valence-corrected chi connectivity index (χ2v) is 4.25. The molecule has 0 heterocycles. The molecular weight excluding hydrogens is 244 g/mol. The summed E-state index contributed by atoms with van der Waals surface area (Å²) in [7, 11) is 1.64. The number of amides is 1. The first-order valence-corrected chi connectivity index (χ1v) is 6.42. The summed E-state index contributed by atoms with van der Waals surface area (Å²) in [6.07, 6.45) is 0.805. The molecule has 0 saturated heterocycles. The molecule has 0 aromatic heterocycles. The van der Waals surface area contributed by atoms with E-state index in [1.165, 1.54) is 0 Å². The van der Waals surface area contributed by atoms with Gasteiger partial charge in [-0.25, -0.2) is 0 Å². The maximum Gasteiger partial charge on any atom is 0.239 e. The molecule has 1 aromatic rings. The molecule has 1 rings (SSSR count). The van der Waals surface area contributed by atoms with Crippen molar-refractivity contribution in [1.82, 2.24) is 10.8 Å². The lowest BCUT2D eigenvalue weighted by Gasteiger charge is -2.14. The second-order valence-electron chi connectivity index (χ2n) is 4.25. The van der Waals surface area contributed by atoms with Crippen molar-refractivity contribution in [2.45, 2.75) is 26.0 Å². The van der Waals surface area contributed by atoms with Crippen molar-refractivity contribution in [3.63, 3.8) is 0 Å². The Morgan fingerprint density at radius 1 is 1.32 bits per heavy atom. The molecule has 1 unspecified atom stereocenters. The van der Waals surface area contributed by atoms with E-state index in [0.717, 1.165) is 12.0 Å². The van der Waals surface area contributed by atoms with Crippen LogP contribution in [0.25, 0.3) is 0 Å². The van der Waals surface area contributed by atoms with Gasteiger partial charge in [-0.1, -0.05) is 30.3 Å². The molecule has 1 amide bonds. The highest BCUT2D eigenvalue weighted by Crippen LogP contribution is 1.99. The SMILES string of the molecule is COCCCNC(=O)C(C)NOCc1ccccc1. The highest BCUT2D eigenvalue weighted by Gasteiger charge is 2.11. The molecule has 0 saturated carbocycles. The fourth-order valence-corrected chi connectivity index (χ4v) is 1.46. The van der Waals surface area contributed by atoms with Gasteiger partial charge in [-0.2, -0.15) is 5.48 Å². The molecule has 0 radical (unpaired) electrons. The standard InChI is InChI=1S/C14H22N2O3/c1-12(14(17)15-9-6-10-18-2)16-19-11-13-7-4-3-5-8-13/h3-5,7-8,12,16H,6,9-11H2,1-2H3,(H,15,17). The number of hydrogen-bond acceptors (Lipinski definition) is 4. The predicted molar refractivity (Wildman–Crippen MR) is 73.3 cm³/mol. The van der Waals surface area contributed by atoms with Crippen LogP contribution in [0.4, 0.5) is 0 Å². The summed E-state index contributed by atoms with van der Waals surface area (Å²) in [5.74, 6) is -0.0795. The van der Waals surface area contributed by atoms with E-state index >= 15 is 0 Å². The molecule has 5 heteroatoms. The van der Waals surface area contributed by atoms with E-state index in [4.69, 9.17) is 9.57 Å². The van der Waals surface area contributed by atoms with Gasteiger partial charge in [-0.15, -0.1) is 0 Å². The molecule has 1 aromatic carbocycles. The van der Waals surface area contributed by atoms with Gasteiger partial charge >= 0.3 is 0 Å². The topological polar surface area (TPSA) is 59.6 Å². The van der Waals surface area contributed by atoms with Crippen LogP contribution in [0.2, 0.25) is 0 Å². The van der Waals surface area contributed by atoms with Crippen molar-refractivity contribution in [1.29, 1.82) is 0 Å². The quantitative estimate of drug-likeness (QED) is 0.521. The van der Waals surface area contributed by atoms with Crippen LogP contribution < -0.4 is 10.8 Å². The molecular formula is C14H22N2O3. The van der Waals surface area contributed by atoms with E-state index in [-0.39, 0.29) is 11.9 Å². The van der Waals surface area contributed by atoms with Crippen LogP contribution in [0.5, 0.6) is 0 Å². The van der Waals surface area contributed by atoms with E-state index in [2.05, 4.69) is 10.8 Å². The third kappa shape index (κ3) is 6.91. The summed E-state index contributed by atoms with van der Waals surface area (Å²) in [5, 5.41) is 2.80. The van der Waals surface area contributed by atoms with Gasteiger partial charge in [0.2, 0.25) is 5.91 Å². The number of carbonyl (C=O) groups is 1. The summed E-state index contributed by atoms with van der Waals surface area (Å²) < 4.78 is 4.91. The van der Waals surface area contributed by atoms with E-state index < -0.39 is 0 Å². The maximum atomic E-state index is 11.7. The van der Waals surface area contributed by atoms with Gasteiger partial charge in [0.05, 0.1) is 6.61 Å². The van der Waals surface area contributed by atoms with Crippen LogP contribution in [-0.4, -0.2) is 32.2 Å². The van der Waals surface area contributed by atoms with Crippen LogP contribution >= 0.6 is 0 Å². The molecule has 19 heavy (non-hydrogen) atoms. The van der Waals surface area contributed by atoms with E-state index in [0.29, 0.717) is 19.8 Å². The fraction of sp³-hybridized carbons (Fsp3) is 0.500. The second kappa shape index (κ2) is 9.49. The lowest BCUT2D eigenvalue weighted by molar-refractivity contribution is -0.127. The van der Waals surface area contributed by atoms with Gasteiger partial charge in [0.1, 0.15) is 6.04 Å². The Balaban J connectivity index is 2.12. The number of carbonyl (C=O) groups excluding carboxylic acids is 1. The molecule has 2 N–H and O–H groups in total. The summed E-state index contributed by atoms with van der Waals surface area (Å²) in [5.41, 5.74) is 3.79. The van der Waals surface area contributed by atoms with E-state index in [1.54, 1.807) is 14.0 Å². The monoisotopic (exact) mass is 266 g/mol. The summed E-state index contributed by atoms with van der Waals surface area (Å²) in [4.78, 5) is 16.9. The van der Waals surface area contributed by atoms with Crippen molar-refractivity contribution in [3.8, 4) is 0 Å². The lowest BCUT2D eigenvalue weighted by atomic mass is 10.2. The Morgan fingerprint density at radius 2 is 2.05 bits per heavy atom. The van der Waals surface area contributed by atoms with Gasteiger partial charge in [0, 0.05) is 20.3 Å². The predicted octanol–water partition coefficient (Wildman–Crippen LogP) is 1.25. The van der Waals surface area contributed by atoms with Gasteiger partial charge < -0.3 is 10.1 Å². The number of hydrogen-bond donors (Lipinski definition) is 2. The molecule has 0 aliphatic carbocycles. The number of ether oxygens (including phenoxy) is 1. The zero-order valence-corrected chi connectivity index (χ0v) is 11.5. The Morgan fingerprint density at radius 3 is 2.74 bits per heavy atom. The first-order valence-electron chi connectivity index (χ1n) is 6.42. The molecule has 5 nitrogen and oxygen atoms in total. The molecule has 0 fully saturated rings. The fourth-order valence-electron chi connectivity index (χ4n) is 1.46. The average molecular weight is 266 g/mol. The van der Waals surface area contributed by atoms with E-state index in [9.17, 15) is 4.79 Å². The van der Waals surface area contributed by atoms with Crippen LogP contribution in [0.15, 0.2) is 30.3 Å². The number of nitrogens with one attached hydrogen (secondary N) is 2. The first-order chi connectivity index (χ1) is 9.24. The van der Waals surface area contributed by atoms with Gasteiger partial charge in [0.15, 0.2) is 0 Å². The zero-order chi connectivity index (χ0) is 13.9. The van der Waals surface area contributed by atoms with Gasteiger partial charge in [0.25, 0.3) is 0 Å². The van der Waals surface area contributed by atoms with Crippen LogP contribution in [-0.2, 0) is 21.0 Å².